The Balaban J connectivity index is 2.14. The number of hydrogen-bond acceptors (Lipinski definition) is 4. The summed E-state index contributed by atoms with van der Waals surface area (Å²) in [5.74, 6) is -1.47. The Morgan fingerprint density at radius 1 is 1.15 bits per heavy atom. The van der Waals surface area contributed by atoms with E-state index < -0.39 is 29.6 Å². The highest BCUT2D eigenvalue weighted by Crippen LogP contribution is 2.28. The van der Waals surface area contributed by atoms with Gasteiger partial charge in [-0.15, -0.1) is 0 Å². The van der Waals surface area contributed by atoms with Crippen LogP contribution in [-0.4, -0.2) is 22.2 Å². The van der Waals surface area contributed by atoms with E-state index in [4.69, 9.17) is 4.74 Å². The monoisotopic (exact) mass is 380 g/mol. The van der Waals surface area contributed by atoms with Gasteiger partial charge < -0.3 is 9.84 Å². The minimum Gasteiger partial charge on any atom is -0.477 e. The highest BCUT2D eigenvalue weighted by atomic mass is 19.4. The maximum absolute atomic E-state index is 12.6. The Bertz CT molecular complexity index is 847. The van der Waals surface area contributed by atoms with Gasteiger partial charge in [0.1, 0.15) is 18.0 Å². The van der Waals surface area contributed by atoms with E-state index in [0.29, 0.717) is 5.56 Å². The van der Waals surface area contributed by atoms with Crippen LogP contribution in [0.3, 0.4) is 0 Å². The minimum atomic E-state index is -4.61. The van der Waals surface area contributed by atoms with Gasteiger partial charge in [0, 0.05) is 6.20 Å². The Morgan fingerprint density at radius 3 is 2.33 bits per heavy atom. The van der Waals surface area contributed by atoms with Crippen LogP contribution in [0.1, 0.15) is 23.7 Å². The quantitative estimate of drug-likeness (QED) is 0.770. The minimum absolute atomic E-state index is 0.0281. The number of halogens is 3. The van der Waals surface area contributed by atoms with Crippen molar-refractivity contribution in [2.24, 2.45) is 0 Å². The lowest BCUT2D eigenvalue weighted by molar-refractivity contribution is -0.141. The second-order valence-corrected chi connectivity index (χ2v) is 5.42. The molecular weight excluding hydrogens is 365 g/mol. The number of nitrogens with one attached hydrogen (secondary N) is 1. The van der Waals surface area contributed by atoms with Crippen LogP contribution in [0.2, 0.25) is 0 Å². The molecule has 9 heteroatoms. The number of rotatable bonds is 5. The molecule has 2 aromatic rings. The number of benzene rings is 1. The Hall–Kier alpha value is -3.36. The van der Waals surface area contributed by atoms with Crippen LogP contribution in [0.15, 0.2) is 54.4 Å². The molecule has 1 heterocycles. The molecule has 6 nitrogen and oxygen atoms in total. The van der Waals surface area contributed by atoms with Gasteiger partial charge in [-0.1, -0.05) is 36.4 Å². The van der Waals surface area contributed by atoms with Gasteiger partial charge in [-0.05, 0) is 29.7 Å². The van der Waals surface area contributed by atoms with E-state index in [2.05, 4.69) is 10.3 Å². The zero-order valence-electron chi connectivity index (χ0n) is 14.1. The van der Waals surface area contributed by atoms with Crippen molar-refractivity contribution < 1.29 is 32.6 Å². The predicted molar refractivity (Wildman–Crippen MR) is 89.2 cm³/mol. The predicted octanol–water partition coefficient (Wildman–Crippen LogP) is 3.84. The lowest BCUT2D eigenvalue weighted by Gasteiger charge is -2.12. The zero-order valence-corrected chi connectivity index (χ0v) is 14.1. The number of allylic oxidation sites excluding steroid dienone is 1. The van der Waals surface area contributed by atoms with Crippen molar-refractivity contribution in [3.05, 3.63) is 71.2 Å². The van der Waals surface area contributed by atoms with Crippen LogP contribution in [0.25, 0.3) is 5.57 Å². The topological polar surface area (TPSA) is 88.5 Å². The van der Waals surface area contributed by atoms with E-state index >= 15 is 0 Å². The first-order valence-electron chi connectivity index (χ1n) is 7.64. The first kappa shape index (κ1) is 20.0. The number of alkyl carbamates (subject to hydrolysis) is 1. The highest BCUT2D eigenvalue weighted by molar-refractivity contribution is 5.98. The molecule has 1 amide bonds. The Kier molecular flexibility index (Phi) is 6.17. The molecule has 27 heavy (non-hydrogen) atoms. The number of aromatic nitrogens is 1. The van der Waals surface area contributed by atoms with Crippen molar-refractivity contribution in [2.75, 3.05) is 0 Å². The molecule has 142 valence electrons. The summed E-state index contributed by atoms with van der Waals surface area (Å²) in [4.78, 5) is 26.6. The van der Waals surface area contributed by atoms with Crippen molar-refractivity contribution in [3.8, 4) is 0 Å². The summed E-state index contributed by atoms with van der Waals surface area (Å²) in [6, 6.07) is 10.5. The number of carbonyl (C=O) groups is 2. The number of nitrogens with zero attached hydrogens (tertiary/aromatic N) is 1. The highest BCUT2D eigenvalue weighted by Gasteiger charge is 2.32. The van der Waals surface area contributed by atoms with Crippen LogP contribution in [0.4, 0.5) is 18.0 Å². The SMILES string of the molecule is CC(=C(NC(=O)OCc1ccccc1)C(=O)O)c1ccc(C(F)(F)F)nc1. The molecule has 0 aliphatic carbocycles. The molecule has 1 aromatic carbocycles. The van der Waals surface area contributed by atoms with Crippen molar-refractivity contribution in [1.29, 1.82) is 0 Å². The molecule has 0 spiro atoms. The molecule has 0 radical (unpaired) electrons. The van der Waals surface area contributed by atoms with Gasteiger partial charge in [0.25, 0.3) is 0 Å². The van der Waals surface area contributed by atoms with E-state index in [1.54, 1.807) is 30.3 Å². The summed E-state index contributed by atoms with van der Waals surface area (Å²) in [5, 5.41) is 11.4. The largest absolute Gasteiger partial charge is 0.477 e. The summed E-state index contributed by atoms with van der Waals surface area (Å²) in [6.45, 7) is 1.27. The molecule has 1 aromatic heterocycles. The fourth-order valence-corrected chi connectivity index (χ4v) is 2.10. The van der Waals surface area contributed by atoms with Crippen LogP contribution < -0.4 is 5.32 Å². The van der Waals surface area contributed by atoms with E-state index in [1.165, 1.54) is 6.92 Å². The Morgan fingerprint density at radius 2 is 1.81 bits per heavy atom. The number of ether oxygens (including phenoxy) is 1. The van der Waals surface area contributed by atoms with Gasteiger partial charge in [0.15, 0.2) is 0 Å². The number of aliphatic carboxylic acids is 1. The number of hydrogen-bond donors (Lipinski definition) is 2. The number of amides is 1. The third-order valence-electron chi connectivity index (χ3n) is 3.52. The molecule has 0 aliphatic heterocycles. The summed E-state index contributed by atoms with van der Waals surface area (Å²) in [6.07, 6.45) is -4.72. The van der Waals surface area contributed by atoms with Gasteiger partial charge in [0.05, 0.1) is 0 Å². The van der Waals surface area contributed by atoms with Crippen LogP contribution >= 0.6 is 0 Å². The first-order valence-corrected chi connectivity index (χ1v) is 7.64. The van der Waals surface area contributed by atoms with Crippen molar-refractivity contribution in [2.45, 2.75) is 19.7 Å². The number of alkyl halides is 3. The third-order valence-corrected chi connectivity index (χ3v) is 3.52. The molecule has 0 saturated heterocycles. The summed E-state index contributed by atoms with van der Waals surface area (Å²) < 4.78 is 42.6. The van der Waals surface area contributed by atoms with E-state index in [9.17, 15) is 27.9 Å². The van der Waals surface area contributed by atoms with Gasteiger partial charge in [-0.2, -0.15) is 13.2 Å². The fraction of sp³-hybridized carbons (Fsp3) is 0.167. The lowest BCUT2D eigenvalue weighted by Crippen LogP contribution is -2.28. The first-order chi connectivity index (χ1) is 12.7. The number of carboxylic acids is 1. The van der Waals surface area contributed by atoms with Crippen LogP contribution in [0, 0.1) is 0 Å². The second-order valence-electron chi connectivity index (χ2n) is 5.42. The van der Waals surface area contributed by atoms with Gasteiger partial charge in [-0.3, -0.25) is 10.3 Å². The average molecular weight is 380 g/mol. The Labute approximate surface area is 152 Å². The molecule has 0 fully saturated rings. The van der Waals surface area contributed by atoms with Crippen molar-refractivity contribution in [1.82, 2.24) is 10.3 Å². The average Bonchev–Trinajstić information content (AvgIpc) is 2.64. The molecule has 0 bridgehead atoms. The molecule has 0 atom stereocenters. The van der Waals surface area contributed by atoms with E-state index in [-0.39, 0.29) is 17.7 Å². The summed E-state index contributed by atoms with van der Waals surface area (Å²) in [5.41, 5.74) is -0.776. The summed E-state index contributed by atoms with van der Waals surface area (Å²) in [7, 11) is 0. The van der Waals surface area contributed by atoms with E-state index in [0.717, 1.165) is 18.3 Å². The molecule has 0 saturated carbocycles. The van der Waals surface area contributed by atoms with Gasteiger partial charge in [-0.25, -0.2) is 9.59 Å². The third kappa shape index (κ3) is 5.56. The second kappa shape index (κ2) is 8.35. The normalized spacial score (nSPS) is 12.1. The van der Waals surface area contributed by atoms with Crippen LogP contribution in [0.5, 0.6) is 0 Å². The molecule has 2 N–H and O–H groups in total. The molecule has 0 unspecified atom stereocenters. The molecule has 2 rings (SSSR count). The smallest absolute Gasteiger partial charge is 0.433 e. The molecule has 0 aliphatic rings. The van der Waals surface area contributed by atoms with Crippen LogP contribution in [-0.2, 0) is 22.3 Å². The zero-order chi connectivity index (χ0) is 20.0. The summed E-state index contributed by atoms with van der Waals surface area (Å²) >= 11 is 0. The van der Waals surface area contributed by atoms with Crippen molar-refractivity contribution in [3.63, 3.8) is 0 Å². The van der Waals surface area contributed by atoms with E-state index in [1.807, 2.05) is 0 Å². The maximum Gasteiger partial charge on any atom is 0.433 e. The number of carboxylic acid groups (broad SMARTS) is 1. The standard InChI is InChI=1S/C18H15F3N2O4/c1-11(13-7-8-14(22-9-13)18(19,20)21)15(16(24)25)23-17(26)27-10-12-5-3-2-4-6-12/h2-9H,10H2,1H3,(H,23,26)(H,24,25). The van der Waals surface area contributed by atoms with Crippen molar-refractivity contribution >= 4 is 17.6 Å². The lowest BCUT2D eigenvalue weighted by atomic mass is 10.1. The number of carbonyl (C=O) groups excluding carboxylic acids is 1. The van der Waals surface area contributed by atoms with Gasteiger partial charge >= 0.3 is 18.2 Å². The maximum atomic E-state index is 12.6. The fourth-order valence-electron chi connectivity index (χ4n) is 2.10. The number of pyridine rings is 1. The van der Waals surface area contributed by atoms with Gasteiger partial charge in [0.2, 0.25) is 0 Å². The molecular formula is C18H15F3N2O4.